The highest BCUT2D eigenvalue weighted by Gasteiger charge is 2.43. The molecule has 0 spiro atoms. The highest BCUT2D eigenvalue weighted by molar-refractivity contribution is 6.06. The number of benzene rings is 3. The molecule has 0 saturated heterocycles. The van der Waals surface area contributed by atoms with Crippen LogP contribution in [0.25, 0.3) is 10.9 Å². The summed E-state index contributed by atoms with van der Waals surface area (Å²) in [5, 5.41) is 1.06. The van der Waals surface area contributed by atoms with Gasteiger partial charge in [0.05, 0.1) is 29.6 Å². The van der Waals surface area contributed by atoms with E-state index in [2.05, 4.69) is 11.0 Å². The van der Waals surface area contributed by atoms with Gasteiger partial charge in [-0.2, -0.15) is 0 Å². The van der Waals surface area contributed by atoms with E-state index in [0.29, 0.717) is 29.8 Å². The molecule has 3 heterocycles. The first-order valence-electron chi connectivity index (χ1n) is 11.0. The Morgan fingerprint density at radius 1 is 0.970 bits per heavy atom. The minimum absolute atomic E-state index is 0.00746. The Morgan fingerprint density at radius 2 is 1.70 bits per heavy atom. The quantitative estimate of drug-likeness (QED) is 0.464. The lowest BCUT2D eigenvalue weighted by Crippen LogP contribution is -2.51. The number of carbonyl (C=O) groups excluding carboxylic acids is 2. The summed E-state index contributed by atoms with van der Waals surface area (Å²) in [6, 6.07) is 22.9. The average molecular weight is 437 g/mol. The van der Waals surface area contributed by atoms with Gasteiger partial charge in [-0.25, -0.2) is 0 Å². The maximum absolute atomic E-state index is 13.9. The molecule has 4 aromatic rings. The van der Waals surface area contributed by atoms with Crippen molar-refractivity contribution in [3.63, 3.8) is 0 Å². The van der Waals surface area contributed by atoms with Crippen LogP contribution in [-0.4, -0.2) is 42.0 Å². The molecule has 0 bridgehead atoms. The molecular weight excluding hydrogens is 414 g/mol. The highest BCUT2D eigenvalue weighted by atomic mass is 16.5. The Morgan fingerprint density at radius 3 is 2.48 bits per heavy atom. The van der Waals surface area contributed by atoms with E-state index in [1.165, 1.54) is 0 Å². The van der Waals surface area contributed by atoms with Crippen LogP contribution >= 0.6 is 0 Å². The van der Waals surface area contributed by atoms with Crippen LogP contribution in [0.2, 0.25) is 0 Å². The lowest BCUT2D eigenvalue weighted by atomic mass is 9.96. The van der Waals surface area contributed by atoms with Crippen molar-refractivity contribution in [1.29, 1.82) is 0 Å². The first-order valence-corrected chi connectivity index (χ1v) is 11.0. The zero-order valence-corrected chi connectivity index (χ0v) is 18.5. The molecule has 0 saturated carbocycles. The minimum Gasteiger partial charge on any atom is -0.497 e. The van der Waals surface area contributed by atoms with E-state index in [0.717, 1.165) is 27.8 Å². The Hall–Kier alpha value is -4.06. The second-order valence-corrected chi connectivity index (χ2v) is 8.50. The minimum atomic E-state index is -0.356. The number of carbonyl (C=O) groups is 2. The monoisotopic (exact) mass is 437 g/mol. The normalized spacial score (nSPS) is 16.9. The van der Waals surface area contributed by atoms with Gasteiger partial charge in [-0.15, -0.1) is 0 Å². The van der Waals surface area contributed by atoms with Gasteiger partial charge in [0.25, 0.3) is 11.8 Å². The molecule has 0 N–H and O–H groups in total. The lowest BCUT2D eigenvalue weighted by molar-refractivity contribution is 0.0624. The molecule has 6 heteroatoms. The van der Waals surface area contributed by atoms with Crippen LogP contribution in [0.4, 0.5) is 5.69 Å². The van der Waals surface area contributed by atoms with E-state index < -0.39 is 0 Å². The van der Waals surface area contributed by atoms with E-state index in [4.69, 9.17) is 4.74 Å². The van der Waals surface area contributed by atoms with E-state index in [1.54, 1.807) is 35.9 Å². The van der Waals surface area contributed by atoms with Gasteiger partial charge in [-0.05, 0) is 54.4 Å². The third-order valence-electron chi connectivity index (χ3n) is 6.84. The number of rotatable bonds is 2. The molecule has 2 aliphatic heterocycles. The second kappa shape index (κ2) is 7.24. The fourth-order valence-electron chi connectivity index (χ4n) is 5.30. The molecule has 1 aromatic heterocycles. The summed E-state index contributed by atoms with van der Waals surface area (Å²) < 4.78 is 7.07. The van der Waals surface area contributed by atoms with Gasteiger partial charge < -0.3 is 14.5 Å². The molecule has 6 rings (SSSR count). The first-order chi connectivity index (χ1) is 16.1. The maximum Gasteiger partial charge on any atom is 0.262 e. The van der Waals surface area contributed by atoms with Crippen molar-refractivity contribution in [3.05, 3.63) is 95.2 Å². The molecule has 0 radical (unpaired) electrons. The number of aromatic nitrogens is 1. The number of methoxy groups -OCH3 is 1. The number of amides is 1. The molecule has 1 amide bonds. The van der Waals surface area contributed by atoms with Gasteiger partial charge in [-0.1, -0.05) is 30.3 Å². The molecule has 1 unspecified atom stereocenters. The largest absolute Gasteiger partial charge is 0.497 e. The highest BCUT2D eigenvalue weighted by Crippen LogP contribution is 2.44. The smallest absolute Gasteiger partial charge is 0.262 e. The predicted octanol–water partition coefficient (Wildman–Crippen LogP) is 4.49. The van der Waals surface area contributed by atoms with Crippen molar-refractivity contribution in [1.82, 2.24) is 9.47 Å². The fourth-order valence-corrected chi connectivity index (χ4v) is 5.30. The maximum atomic E-state index is 13.9. The van der Waals surface area contributed by atoms with Gasteiger partial charge in [0.15, 0.2) is 0 Å². The summed E-state index contributed by atoms with van der Waals surface area (Å²) in [7, 11) is 3.60. The van der Waals surface area contributed by atoms with E-state index in [-0.39, 0.29) is 18.0 Å². The number of fused-ring (bicyclic) bond motifs is 6. The topological polar surface area (TPSA) is 54.8 Å². The summed E-state index contributed by atoms with van der Waals surface area (Å²) in [6.45, 7) is 0.611. The molecular formula is C27H23N3O3. The van der Waals surface area contributed by atoms with Gasteiger partial charge in [0, 0.05) is 24.5 Å². The summed E-state index contributed by atoms with van der Waals surface area (Å²) in [4.78, 5) is 31.3. The summed E-state index contributed by atoms with van der Waals surface area (Å²) in [5.74, 6) is 0.594. The molecule has 33 heavy (non-hydrogen) atoms. The number of anilines is 1. The summed E-state index contributed by atoms with van der Waals surface area (Å²) in [6.07, 6.45) is 0.350. The first kappa shape index (κ1) is 19.6. The third kappa shape index (κ3) is 2.73. The van der Waals surface area contributed by atoms with Crippen molar-refractivity contribution in [3.8, 4) is 5.75 Å². The van der Waals surface area contributed by atoms with Crippen LogP contribution in [0, 0.1) is 0 Å². The molecule has 1 atom stereocenters. The van der Waals surface area contributed by atoms with Crippen LogP contribution < -0.4 is 9.64 Å². The fraction of sp³-hybridized carbons (Fsp3) is 0.185. The van der Waals surface area contributed by atoms with E-state index in [9.17, 15) is 9.59 Å². The molecule has 3 aromatic carbocycles. The van der Waals surface area contributed by atoms with Crippen LogP contribution in [0.3, 0.4) is 0 Å². The number of hydrogen-bond acceptors (Lipinski definition) is 4. The second-order valence-electron chi connectivity index (χ2n) is 8.50. The number of nitrogens with zero attached hydrogens (tertiary/aromatic N) is 3. The van der Waals surface area contributed by atoms with Gasteiger partial charge >= 0.3 is 0 Å². The molecule has 2 aliphatic rings. The SMILES string of the molecule is COc1ccc(C(=O)n2c3c(c4ccccc42)CCN2C(=O)c4ccccc4N(C)C32)cc1. The zero-order chi connectivity index (χ0) is 22.7. The van der Waals surface area contributed by atoms with Crippen molar-refractivity contribution >= 4 is 28.4 Å². The standard InChI is InChI=1S/C27H23N3O3/c1-28-22-9-5-4-8-21(22)27(32)29-16-15-20-19-7-3-6-10-23(19)30(24(20)25(28)29)26(31)17-11-13-18(33-2)14-12-17/h3-14,25H,15-16H2,1-2H3. The summed E-state index contributed by atoms with van der Waals surface area (Å²) >= 11 is 0. The number of hydrogen-bond donors (Lipinski definition) is 0. The molecule has 6 nitrogen and oxygen atoms in total. The Balaban J connectivity index is 1.59. The van der Waals surface area contributed by atoms with Crippen LogP contribution in [0.15, 0.2) is 72.8 Å². The van der Waals surface area contributed by atoms with Crippen LogP contribution in [-0.2, 0) is 6.42 Å². The van der Waals surface area contributed by atoms with Crippen molar-refractivity contribution in [2.24, 2.45) is 0 Å². The number of para-hydroxylation sites is 2. The van der Waals surface area contributed by atoms with Crippen molar-refractivity contribution < 1.29 is 14.3 Å². The van der Waals surface area contributed by atoms with Gasteiger partial charge in [-0.3, -0.25) is 14.2 Å². The summed E-state index contributed by atoms with van der Waals surface area (Å²) in [5.41, 5.74) is 5.02. The Bertz CT molecular complexity index is 1420. The van der Waals surface area contributed by atoms with Crippen molar-refractivity contribution in [2.75, 3.05) is 25.6 Å². The van der Waals surface area contributed by atoms with E-state index in [1.807, 2.05) is 54.4 Å². The Labute approximate surface area is 191 Å². The van der Waals surface area contributed by atoms with Crippen LogP contribution in [0.5, 0.6) is 5.75 Å². The number of ether oxygens (including phenoxy) is 1. The predicted molar refractivity (Wildman–Crippen MR) is 127 cm³/mol. The van der Waals surface area contributed by atoms with Gasteiger partial charge in [0.2, 0.25) is 0 Å². The third-order valence-corrected chi connectivity index (χ3v) is 6.84. The van der Waals surface area contributed by atoms with Crippen LogP contribution in [0.1, 0.15) is 38.1 Å². The van der Waals surface area contributed by atoms with E-state index >= 15 is 0 Å². The van der Waals surface area contributed by atoms with Gasteiger partial charge in [0.1, 0.15) is 11.9 Å². The average Bonchev–Trinajstić information content (AvgIpc) is 3.21. The molecule has 164 valence electrons. The Kier molecular flexibility index (Phi) is 4.30. The lowest BCUT2D eigenvalue weighted by Gasteiger charge is -2.46. The zero-order valence-electron chi connectivity index (χ0n) is 18.5. The molecule has 0 aliphatic carbocycles. The molecule has 0 fully saturated rings. The van der Waals surface area contributed by atoms with Crippen molar-refractivity contribution in [2.45, 2.75) is 12.6 Å².